The highest BCUT2D eigenvalue weighted by molar-refractivity contribution is 6.12. The second-order valence-corrected chi connectivity index (χ2v) is 4.80. The second kappa shape index (κ2) is 4.53. The van der Waals surface area contributed by atoms with E-state index in [-0.39, 0.29) is 5.41 Å². The molecule has 0 spiro atoms. The van der Waals surface area contributed by atoms with Crippen LogP contribution in [-0.4, -0.2) is 31.8 Å². The summed E-state index contributed by atoms with van der Waals surface area (Å²) in [6.45, 7) is 6.55. The first-order chi connectivity index (χ1) is 7.72. The largest absolute Gasteiger partial charge is 0.482 e. The normalized spacial score (nSPS) is 31.2. The summed E-state index contributed by atoms with van der Waals surface area (Å²) < 4.78 is 5.36. The van der Waals surface area contributed by atoms with Gasteiger partial charge in [0.1, 0.15) is 0 Å². The maximum atomic E-state index is 5.36. The van der Waals surface area contributed by atoms with Crippen LogP contribution >= 0.6 is 0 Å². The van der Waals surface area contributed by atoms with Crippen molar-refractivity contribution < 1.29 is 4.74 Å². The molecular formula is C12H21N3O. The van der Waals surface area contributed by atoms with Gasteiger partial charge in [-0.25, -0.2) is 0 Å². The summed E-state index contributed by atoms with van der Waals surface area (Å²) in [4.78, 5) is 0. The molecule has 0 amide bonds. The molecule has 0 aromatic carbocycles. The molecule has 1 N–H and O–H groups in total. The molecule has 0 aromatic rings. The fraction of sp³-hybridized carbons (Fsp3) is 0.833. The molecule has 2 heterocycles. The molecule has 16 heavy (non-hydrogen) atoms. The molecule has 0 saturated carbocycles. The molecule has 0 radical (unpaired) electrons. The summed E-state index contributed by atoms with van der Waals surface area (Å²) in [5.74, 6) is 1.35. The third-order valence-electron chi connectivity index (χ3n) is 3.91. The highest BCUT2D eigenvalue weighted by Gasteiger charge is 2.43. The van der Waals surface area contributed by atoms with Gasteiger partial charge >= 0.3 is 0 Å². The van der Waals surface area contributed by atoms with Gasteiger partial charge in [-0.2, -0.15) is 5.10 Å². The standard InChI is InChI=1S/C12H21N3O/c1-4-12(2)10(14-15-11(12)16-3)9-5-7-13-8-6-9/h9,13H,4-8H2,1-3H3/t12-/m1/s1. The smallest absolute Gasteiger partial charge is 0.220 e. The van der Waals surface area contributed by atoms with Gasteiger partial charge in [0, 0.05) is 5.92 Å². The Morgan fingerprint density at radius 2 is 2.06 bits per heavy atom. The molecule has 0 bridgehead atoms. The highest BCUT2D eigenvalue weighted by Crippen LogP contribution is 2.36. The molecule has 4 heteroatoms. The fourth-order valence-electron chi connectivity index (χ4n) is 2.66. The van der Waals surface area contributed by atoms with Gasteiger partial charge in [0.2, 0.25) is 5.90 Å². The number of nitrogens with zero attached hydrogens (tertiary/aromatic N) is 2. The van der Waals surface area contributed by atoms with Crippen LogP contribution in [0.3, 0.4) is 0 Å². The van der Waals surface area contributed by atoms with Crippen molar-refractivity contribution in [2.75, 3.05) is 20.2 Å². The number of methoxy groups -OCH3 is 1. The van der Waals surface area contributed by atoms with E-state index < -0.39 is 0 Å². The zero-order valence-corrected chi connectivity index (χ0v) is 10.4. The van der Waals surface area contributed by atoms with Crippen LogP contribution in [0.2, 0.25) is 0 Å². The van der Waals surface area contributed by atoms with E-state index in [0.717, 1.165) is 25.4 Å². The Morgan fingerprint density at radius 1 is 1.38 bits per heavy atom. The maximum Gasteiger partial charge on any atom is 0.220 e. The average molecular weight is 223 g/mol. The van der Waals surface area contributed by atoms with Crippen molar-refractivity contribution in [1.82, 2.24) is 5.32 Å². The first kappa shape index (κ1) is 11.6. The van der Waals surface area contributed by atoms with Crippen LogP contribution in [-0.2, 0) is 4.74 Å². The summed E-state index contributed by atoms with van der Waals surface area (Å²) in [6, 6.07) is 0. The van der Waals surface area contributed by atoms with Crippen LogP contribution in [0.4, 0.5) is 0 Å². The predicted molar refractivity (Wildman–Crippen MR) is 65.9 cm³/mol. The Morgan fingerprint density at radius 3 is 2.62 bits per heavy atom. The topological polar surface area (TPSA) is 46.0 Å². The van der Waals surface area contributed by atoms with Crippen molar-refractivity contribution in [2.24, 2.45) is 21.5 Å². The zero-order chi connectivity index (χ0) is 11.6. The fourth-order valence-corrected chi connectivity index (χ4v) is 2.66. The van der Waals surface area contributed by atoms with Crippen LogP contribution in [0.1, 0.15) is 33.1 Å². The Balaban J connectivity index is 2.17. The second-order valence-electron chi connectivity index (χ2n) is 4.80. The van der Waals surface area contributed by atoms with Crippen molar-refractivity contribution >= 4 is 11.6 Å². The molecule has 0 unspecified atom stereocenters. The summed E-state index contributed by atoms with van der Waals surface area (Å²) in [7, 11) is 1.69. The van der Waals surface area contributed by atoms with Crippen molar-refractivity contribution in [1.29, 1.82) is 0 Å². The Labute approximate surface area is 97.2 Å². The van der Waals surface area contributed by atoms with Gasteiger partial charge in [0.05, 0.1) is 18.2 Å². The van der Waals surface area contributed by atoms with Crippen LogP contribution < -0.4 is 5.32 Å². The average Bonchev–Trinajstić information content (AvgIpc) is 2.68. The van der Waals surface area contributed by atoms with Crippen molar-refractivity contribution in [2.45, 2.75) is 33.1 Å². The van der Waals surface area contributed by atoms with Gasteiger partial charge in [-0.15, -0.1) is 5.10 Å². The first-order valence-corrected chi connectivity index (χ1v) is 6.13. The molecule has 2 rings (SSSR count). The van der Waals surface area contributed by atoms with E-state index in [4.69, 9.17) is 4.74 Å². The molecule has 0 aromatic heterocycles. The van der Waals surface area contributed by atoms with Crippen molar-refractivity contribution in [3.8, 4) is 0 Å². The quantitative estimate of drug-likeness (QED) is 0.776. The first-order valence-electron chi connectivity index (χ1n) is 6.13. The molecule has 1 fully saturated rings. The maximum absolute atomic E-state index is 5.36. The summed E-state index contributed by atoms with van der Waals surface area (Å²) >= 11 is 0. The lowest BCUT2D eigenvalue weighted by atomic mass is 9.74. The third-order valence-corrected chi connectivity index (χ3v) is 3.91. The number of nitrogens with one attached hydrogen (secondary N) is 1. The molecular weight excluding hydrogens is 202 g/mol. The van der Waals surface area contributed by atoms with Gasteiger partial charge in [-0.05, 0) is 39.3 Å². The number of rotatable bonds is 2. The molecule has 1 atom stereocenters. The van der Waals surface area contributed by atoms with Crippen LogP contribution in [0.25, 0.3) is 0 Å². The summed E-state index contributed by atoms with van der Waals surface area (Å²) in [6.07, 6.45) is 3.34. The monoisotopic (exact) mass is 223 g/mol. The van der Waals surface area contributed by atoms with Gasteiger partial charge in [0.25, 0.3) is 0 Å². The molecule has 0 aliphatic carbocycles. The molecule has 2 aliphatic heterocycles. The van der Waals surface area contributed by atoms with Gasteiger partial charge in [0.15, 0.2) is 0 Å². The predicted octanol–water partition coefficient (Wildman–Crippen LogP) is 1.82. The molecule has 4 nitrogen and oxygen atoms in total. The van der Waals surface area contributed by atoms with E-state index in [2.05, 4.69) is 29.4 Å². The van der Waals surface area contributed by atoms with Crippen LogP contribution in [0.5, 0.6) is 0 Å². The lowest BCUT2D eigenvalue weighted by molar-refractivity contribution is 0.342. The van der Waals surface area contributed by atoms with E-state index in [1.54, 1.807) is 7.11 Å². The van der Waals surface area contributed by atoms with Crippen molar-refractivity contribution in [3.05, 3.63) is 0 Å². The SMILES string of the molecule is CC[C@@]1(C)C(OC)=NN=C1C1CCNCC1. The Hall–Kier alpha value is -0.900. The minimum atomic E-state index is -0.0727. The molecule has 90 valence electrons. The Bertz CT molecular complexity index is 318. The minimum Gasteiger partial charge on any atom is -0.482 e. The number of ether oxygens (including phenoxy) is 1. The van der Waals surface area contributed by atoms with Crippen molar-refractivity contribution in [3.63, 3.8) is 0 Å². The summed E-state index contributed by atoms with van der Waals surface area (Å²) in [5.41, 5.74) is 1.16. The molecule has 1 saturated heterocycles. The van der Waals surface area contributed by atoms with Gasteiger partial charge in [-0.3, -0.25) is 0 Å². The number of hydrogen-bond donors (Lipinski definition) is 1. The van der Waals surface area contributed by atoms with E-state index in [9.17, 15) is 0 Å². The minimum absolute atomic E-state index is 0.0727. The lowest BCUT2D eigenvalue weighted by Gasteiger charge is -2.32. The number of piperidine rings is 1. The third kappa shape index (κ3) is 1.75. The van der Waals surface area contributed by atoms with E-state index >= 15 is 0 Å². The lowest BCUT2D eigenvalue weighted by Crippen LogP contribution is -2.41. The van der Waals surface area contributed by atoms with Crippen LogP contribution in [0.15, 0.2) is 10.2 Å². The number of hydrogen-bond acceptors (Lipinski definition) is 4. The van der Waals surface area contributed by atoms with E-state index in [1.165, 1.54) is 18.6 Å². The Kier molecular flexibility index (Phi) is 3.28. The highest BCUT2D eigenvalue weighted by atomic mass is 16.5. The molecule has 2 aliphatic rings. The zero-order valence-electron chi connectivity index (χ0n) is 10.4. The van der Waals surface area contributed by atoms with E-state index in [1.807, 2.05) is 0 Å². The van der Waals surface area contributed by atoms with Gasteiger partial charge in [-0.1, -0.05) is 6.92 Å². The summed E-state index contributed by atoms with van der Waals surface area (Å²) in [5, 5.41) is 12.0. The van der Waals surface area contributed by atoms with Crippen LogP contribution in [0, 0.1) is 11.3 Å². The van der Waals surface area contributed by atoms with E-state index in [0.29, 0.717) is 5.92 Å². The van der Waals surface area contributed by atoms with Gasteiger partial charge < -0.3 is 10.1 Å².